The van der Waals surface area contributed by atoms with Gasteiger partial charge in [-0.05, 0) is 44.0 Å². The summed E-state index contributed by atoms with van der Waals surface area (Å²) in [5.74, 6) is -0.134. The van der Waals surface area contributed by atoms with E-state index in [2.05, 4.69) is 34.5 Å². The number of carbonyl (C=O) groups excluding carboxylic acids is 1. The van der Waals surface area contributed by atoms with E-state index < -0.39 is 0 Å². The van der Waals surface area contributed by atoms with Gasteiger partial charge in [0.15, 0.2) is 0 Å². The van der Waals surface area contributed by atoms with E-state index in [1.807, 2.05) is 13.8 Å². The van der Waals surface area contributed by atoms with Crippen molar-refractivity contribution >= 4 is 30.7 Å². The van der Waals surface area contributed by atoms with Crippen molar-refractivity contribution in [3.63, 3.8) is 0 Å². The number of halogens is 2. The SMILES string of the molecule is CC(N)C(C)C(=O)NCc1ccc(CN2CCCC2)cc1.Cl.Cl. The number of likely N-dealkylation sites (tertiary alicyclic amines) is 1. The molecule has 3 N–H and O–H groups in total. The van der Waals surface area contributed by atoms with Crippen LogP contribution >= 0.6 is 24.8 Å². The quantitative estimate of drug-likeness (QED) is 0.818. The molecule has 1 saturated heterocycles. The molecule has 4 nitrogen and oxygen atoms in total. The molecule has 1 fully saturated rings. The average Bonchev–Trinajstić information content (AvgIpc) is 2.98. The molecule has 6 heteroatoms. The van der Waals surface area contributed by atoms with E-state index >= 15 is 0 Å². The minimum absolute atomic E-state index is 0. The van der Waals surface area contributed by atoms with Gasteiger partial charge in [0.05, 0.1) is 0 Å². The molecule has 0 bridgehead atoms. The normalized spacial score (nSPS) is 16.8. The molecule has 2 unspecified atom stereocenters. The number of nitrogens with one attached hydrogen (secondary N) is 1. The Bertz CT molecular complexity index is 459. The van der Waals surface area contributed by atoms with E-state index in [0.29, 0.717) is 6.54 Å². The molecule has 1 aliphatic rings. The minimum atomic E-state index is -0.153. The Morgan fingerprint density at radius 1 is 1.13 bits per heavy atom. The van der Waals surface area contributed by atoms with E-state index in [4.69, 9.17) is 5.73 Å². The summed E-state index contributed by atoms with van der Waals surface area (Å²) in [7, 11) is 0. The highest BCUT2D eigenvalue weighted by Crippen LogP contribution is 2.13. The third kappa shape index (κ3) is 7.08. The van der Waals surface area contributed by atoms with Crippen LogP contribution < -0.4 is 11.1 Å². The molecule has 2 rings (SSSR count). The number of rotatable bonds is 6. The first-order valence-electron chi connectivity index (χ1n) is 7.89. The lowest BCUT2D eigenvalue weighted by Crippen LogP contribution is -2.38. The van der Waals surface area contributed by atoms with Gasteiger partial charge < -0.3 is 11.1 Å². The molecule has 1 amide bonds. The number of amides is 1. The summed E-state index contributed by atoms with van der Waals surface area (Å²) < 4.78 is 0. The maximum atomic E-state index is 11.9. The first kappa shape index (κ1) is 22.2. The predicted molar refractivity (Wildman–Crippen MR) is 100 cm³/mol. The van der Waals surface area contributed by atoms with Crippen molar-refractivity contribution in [3.8, 4) is 0 Å². The van der Waals surface area contributed by atoms with Gasteiger partial charge in [-0.15, -0.1) is 24.8 Å². The lowest BCUT2D eigenvalue weighted by molar-refractivity contribution is -0.125. The Labute approximate surface area is 152 Å². The zero-order chi connectivity index (χ0) is 15.2. The number of nitrogens with zero attached hydrogens (tertiary/aromatic N) is 1. The highest BCUT2D eigenvalue weighted by Gasteiger charge is 2.16. The van der Waals surface area contributed by atoms with Gasteiger partial charge in [-0.2, -0.15) is 0 Å². The van der Waals surface area contributed by atoms with Gasteiger partial charge in [0, 0.05) is 25.0 Å². The van der Waals surface area contributed by atoms with Crippen molar-refractivity contribution in [1.29, 1.82) is 0 Å². The van der Waals surface area contributed by atoms with E-state index in [0.717, 1.165) is 12.1 Å². The maximum Gasteiger partial charge on any atom is 0.224 e. The Morgan fingerprint density at radius 3 is 2.17 bits per heavy atom. The fraction of sp³-hybridized carbons (Fsp3) is 0.588. The number of nitrogens with two attached hydrogens (primary N) is 1. The molecule has 0 radical (unpaired) electrons. The molecule has 23 heavy (non-hydrogen) atoms. The summed E-state index contributed by atoms with van der Waals surface area (Å²) in [6, 6.07) is 8.40. The van der Waals surface area contributed by atoms with Crippen molar-refractivity contribution in [2.75, 3.05) is 13.1 Å². The molecular weight excluding hydrogens is 333 g/mol. The first-order valence-corrected chi connectivity index (χ1v) is 7.89. The zero-order valence-electron chi connectivity index (χ0n) is 14.0. The second kappa shape index (κ2) is 10.9. The second-order valence-corrected chi connectivity index (χ2v) is 6.17. The summed E-state index contributed by atoms with van der Waals surface area (Å²) >= 11 is 0. The van der Waals surface area contributed by atoms with Crippen LogP contribution in [0.25, 0.3) is 0 Å². The molecule has 2 atom stereocenters. The molecule has 1 heterocycles. The molecular formula is C17H29Cl2N3O. The molecule has 1 aromatic carbocycles. The van der Waals surface area contributed by atoms with Gasteiger partial charge in [-0.3, -0.25) is 9.69 Å². The molecule has 1 aromatic rings. The lowest BCUT2D eigenvalue weighted by atomic mass is 10.0. The smallest absolute Gasteiger partial charge is 0.224 e. The Balaban J connectivity index is 0.00000242. The van der Waals surface area contributed by atoms with Crippen molar-refractivity contribution < 1.29 is 4.79 Å². The van der Waals surface area contributed by atoms with Crippen LogP contribution in [-0.2, 0) is 17.9 Å². The first-order chi connectivity index (χ1) is 10.1. The van der Waals surface area contributed by atoms with Crippen LogP contribution in [0.15, 0.2) is 24.3 Å². The van der Waals surface area contributed by atoms with Crippen LogP contribution in [0.3, 0.4) is 0 Å². The van der Waals surface area contributed by atoms with E-state index in [1.54, 1.807) is 0 Å². The van der Waals surface area contributed by atoms with Crippen LogP contribution in [0, 0.1) is 5.92 Å². The molecule has 0 saturated carbocycles. The Kier molecular flexibility index (Phi) is 10.5. The lowest BCUT2D eigenvalue weighted by Gasteiger charge is -2.16. The predicted octanol–water partition coefficient (Wildman–Crippen LogP) is 2.73. The number of hydrogen-bond donors (Lipinski definition) is 2. The van der Waals surface area contributed by atoms with Gasteiger partial charge in [-0.1, -0.05) is 31.2 Å². The molecule has 132 valence electrons. The van der Waals surface area contributed by atoms with Gasteiger partial charge in [0.2, 0.25) is 5.91 Å². The van der Waals surface area contributed by atoms with Crippen LogP contribution in [0.2, 0.25) is 0 Å². The Morgan fingerprint density at radius 2 is 1.65 bits per heavy atom. The maximum absolute atomic E-state index is 11.9. The van der Waals surface area contributed by atoms with Crippen molar-refractivity contribution in [1.82, 2.24) is 10.2 Å². The molecule has 0 aromatic heterocycles. The monoisotopic (exact) mass is 361 g/mol. The van der Waals surface area contributed by atoms with Crippen LogP contribution in [0.5, 0.6) is 0 Å². The standard InChI is InChI=1S/C17H27N3O.2ClH/c1-13(14(2)18)17(21)19-11-15-5-7-16(8-6-15)12-20-9-3-4-10-20;;/h5-8,13-14H,3-4,9-12,18H2,1-2H3,(H,19,21);2*1H. The zero-order valence-corrected chi connectivity index (χ0v) is 15.6. The van der Waals surface area contributed by atoms with Gasteiger partial charge in [-0.25, -0.2) is 0 Å². The molecule has 1 aliphatic heterocycles. The largest absolute Gasteiger partial charge is 0.352 e. The van der Waals surface area contributed by atoms with Crippen molar-refractivity contribution in [3.05, 3.63) is 35.4 Å². The number of carbonyl (C=O) groups is 1. The highest BCUT2D eigenvalue weighted by atomic mass is 35.5. The molecule has 0 spiro atoms. The minimum Gasteiger partial charge on any atom is -0.352 e. The van der Waals surface area contributed by atoms with E-state index in [9.17, 15) is 4.79 Å². The van der Waals surface area contributed by atoms with Crippen molar-refractivity contribution in [2.24, 2.45) is 11.7 Å². The van der Waals surface area contributed by atoms with Gasteiger partial charge in [0.25, 0.3) is 0 Å². The third-order valence-corrected chi connectivity index (χ3v) is 4.30. The summed E-state index contributed by atoms with van der Waals surface area (Å²) in [5, 5.41) is 2.94. The summed E-state index contributed by atoms with van der Waals surface area (Å²) in [4.78, 5) is 14.3. The van der Waals surface area contributed by atoms with Crippen LogP contribution in [0.1, 0.15) is 37.8 Å². The summed E-state index contributed by atoms with van der Waals surface area (Å²) in [5.41, 5.74) is 8.21. The van der Waals surface area contributed by atoms with Gasteiger partial charge >= 0.3 is 0 Å². The van der Waals surface area contributed by atoms with Gasteiger partial charge in [0.1, 0.15) is 0 Å². The van der Waals surface area contributed by atoms with E-state index in [-0.39, 0.29) is 42.7 Å². The summed E-state index contributed by atoms with van der Waals surface area (Å²) in [6.07, 6.45) is 2.64. The van der Waals surface area contributed by atoms with E-state index in [1.165, 1.54) is 31.5 Å². The fourth-order valence-electron chi connectivity index (χ4n) is 2.55. The topological polar surface area (TPSA) is 58.4 Å². The average molecular weight is 362 g/mol. The Hall–Kier alpha value is -0.810. The summed E-state index contributed by atoms with van der Waals surface area (Å²) in [6.45, 7) is 7.75. The van der Waals surface area contributed by atoms with Crippen LogP contribution in [-0.4, -0.2) is 29.9 Å². The fourth-order valence-corrected chi connectivity index (χ4v) is 2.55. The second-order valence-electron chi connectivity index (χ2n) is 6.17. The van der Waals surface area contributed by atoms with Crippen molar-refractivity contribution in [2.45, 2.75) is 45.8 Å². The highest BCUT2D eigenvalue weighted by molar-refractivity contribution is 5.85. The number of hydrogen-bond acceptors (Lipinski definition) is 3. The number of benzene rings is 1. The molecule has 0 aliphatic carbocycles. The van der Waals surface area contributed by atoms with Crippen LogP contribution in [0.4, 0.5) is 0 Å². The third-order valence-electron chi connectivity index (χ3n) is 4.30.